The Kier molecular flexibility index (Phi) is 5.89. The van der Waals surface area contributed by atoms with Crippen LogP contribution in [0.15, 0.2) is 0 Å². The van der Waals surface area contributed by atoms with Gasteiger partial charge in [0.15, 0.2) is 0 Å². The minimum absolute atomic E-state index is 0.283. The van der Waals surface area contributed by atoms with Gasteiger partial charge in [-0.1, -0.05) is 26.2 Å². The van der Waals surface area contributed by atoms with Crippen LogP contribution in [0.2, 0.25) is 0 Å². The van der Waals surface area contributed by atoms with E-state index in [9.17, 15) is 9.18 Å². The van der Waals surface area contributed by atoms with Crippen molar-refractivity contribution in [1.82, 2.24) is 5.32 Å². The molecule has 0 aromatic rings. The standard InChI is InChI=1S/C9H16O2.C4H8FN/c1-2-3-4-5-9(6-7-9)8(10)11;5-4-1-2-6-3-4/h2-7H2,1H3,(H,10,11);4,6H,1-3H2. The van der Waals surface area contributed by atoms with Crippen molar-refractivity contribution in [2.75, 3.05) is 13.1 Å². The molecular weight excluding hydrogens is 221 g/mol. The van der Waals surface area contributed by atoms with E-state index in [0.29, 0.717) is 13.0 Å². The Balaban J connectivity index is 0.000000202. The predicted octanol–water partition coefficient (Wildman–Crippen LogP) is 2.75. The number of alkyl halides is 1. The van der Waals surface area contributed by atoms with E-state index in [1.807, 2.05) is 0 Å². The van der Waals surface area contributed by atoms with Gasteiger partial charge in [0.2, 0.25) is 0 Å². The molecule has 1 aliphatic heterocycles. The number of unbranched alkanes of at least 4 members (excludes halogenated alkanes) is 2. The summed E-state index contributed by atoms with van der Waals surface area (Å²) in [6.45, 7) is 3.57. The summed E-state index contributed by atoms with van der Waals surface area (Å²) in [6.07, 6.45) is 6.30. The lowest BCUT2D eigenvalue weighted by Crippen LogP contribution is -2.14. The molecule has 2 rings (SSSR count). The van der Waals surface area contributed by atoms with Crippen LogP contribution in [0, 0.1) is 5.41 Å². The van der Waals surface area contributed by atoms with Gasteiger partial charge in [-0.2, -0.15) is 0 Å². The van der Waals surface area contributed by atoms with Crippen molar-refractivity contribution in [2.24, 2.45) is 5.41 Å². The van der Waals surface area contributed by atoms with Crippen LogP contribution < -0.4 is 5.32 Å². The first-order valence-corrected chi connectivity index (χ1v) is 6.69. The van der Waals surface area contributed by atoms with Gasteiger partial charge in [-0.05, 0) is 32.2 Å². The van der Waals surface area contributed by atoms with Crippen molar-refractivity contribution >= 4 is 5.97 Å². The number of carboxylic acid groups (broad SMARTS) is 1. The topological polar surface area (TPSA) is 49.3 Å². The summed E-state index contributed by atoms with van der Waals surface area (Å²) in [6, 6.07) is 0. The normalized spacial score (nSPS) is 24.9. The third kappa shape index (κ3) is 5.02. The summed E-state index contributed by atoms with van der Waals surface area (Å²) in [5, 5.41) is 11.7. The SMILES string of the molecule is CCCCCC1(C(=O)O)CC1.FC1CCNC1. The molecule has 100 valence electrons. The first-order chi connectivity index (χ1) is 8.10. The first kappa shape index (κ1) is 14.4. The maximum absolute atomic E-state index is 11.9. The van der Waals surface area contributed by atoms with E-state index in [2.05, 4.69) is 12.2 Å². The van der Waals surface area contributed by atoms with Crippen molar-refractivity contribution in [3.8, 4) is 0 Å². The van der Waals surface area contributed by atoms with E-state index in [4.69, 9.17) is 5.11 Å². The molecule has 0 spiro atoms. The highest BCUT2D eigenvalue weighted by atomic mass is 19.1. The van der Waals surface area contributed by atoms with Gasteiger partial charge in [-0.3, -0.25) is 4.79 Å². The molecule has 1 atom stereocenters. The molecule has 1 unspecified atom stereocenters. The molecule has 0 aromatic carbocycles. The van der Waals surface area contributed by atoms with Crippen molar-refractivity contribution in [1.29, 1.82) is 0 Å². The monoisotopic (exact) mass is 245 g/mol. The van der Waals surface area contributed by atoms with Crippen LogP contribution in [-0.2, 0) is 4.79 Å². The summed E-state index contributed by atoms with van der Waals surface area (Å²) in [5.41, 5.74) is -0.283. The Morgan fingerprint density at radius 2 is 2.18 bits per heavy atom. The molecule has 2 fully saturated rings. The molecule has 1 saturated carbocycles. The predicted molar refractivity (Wildman–Crippen MR) is 65.8 cm³/mol. The van der Waals surface area contributed by atoms with E-state index < -0.39 is 12.1 Å². The van der Waals surface area contributed by atoms with E-state index in [-0.39, 0.29) is 5.41 Å². The second-order valence-corrected chi connectivity index (χ2v) is 5.13. The fourth-order valence-electron chi connectivity index (χ4n) is 2.05. The zero-order valence-corrected chi connectivity index (χ0v) is 10.7. The van der Waals surface area contributed by atoms with Gasteiger partial charge in [0.1, 0.15) is 6.17 Å². The minimum Gasteiger partial charge on any atom is -0.481 e. The van der Waals surface area contributed by atoms with Crippen LogP contribution in [0.5, 0.6) is 0 Å². The van der Waals surface area contributed by atoms with Gasteiger partial charge in [-0.25, -0.2) is 4.39 Å². The molecular formula is C13H24FNO2. The van der Waals surface area contributed by atoms with Crippen molar-refractivity contribution in [3.05, 3.63) is 0 Å². The second-order valence-electron chi connectivity index (χ2n) is 5.13. The first-order valence-electron chi connectivity index (χ1n) is 6.69. The van der Waals surface area contributed by atoms with Crippen molar-refractivity contribution in [2.45, 2.75) is 58.0 Å². The Morgan fingerprint density at radius 1 is 1.47 bits per heavy atom. The molecule has 0 aromatic heterocycles. The zero-order valence-electron chi connectivity index (χ0n) is 10.7. The largest absolute Gasteiger partial charge is 0.481 e. The van der Waals surface area contributed by atoms with Crippen molar-refractivity contribution < 1.29 is 14.3 Å². The van der Waals surface area contributed by atoms with Crippen LogP contribution in [0.3, 0.4) is 0 Å². The van der Waals surface area contributed by atoms with Crippen LogP contribution in [0.1, 0.15) is 51.9 Å². The van der Waals surface area contributed by atoms with Gasteiger partial charge in [0.05, 0.1) is 5.41 Å². The number of halogens is 1. The molecule has 2 N–H and O–H groups in total. The number of hydrogen-bond acceptors (Lipinski definition) is 2. The molecule has 0 radical (unpaired) electrons. The average molecular weight is 245 g/mol. The zero-order chi connectivity index (χ0) is 12.7. The highest BCUT2D eigenvalue weighted by molar-refractivity contribution is 5.77. The third-order valence-electron chi connectivity index (χ3n) is 3.57. The van der Waals surface area contributed by atoms with E-state index in [0.717, 1.165) is 32.2 Å². The van der Waals surface area contributed by atoms with Crippen LogP contribution in [0.4, 0.5) is 4.39 Å². The molecule has 1 saturated heterocycles. The third-order valence-corrected chi connectivity index (χ3v) is 3.57. The molecule has 3 nitrogen and oxygen atoms in total. The molecule has 0 amide bonds. The molecule has 17 heavy (non-hydrogen) atoms. The minimum atomic E-state index is -0.575. The molecule has 0 bridgehead atoms. The van der Waals surface area contributed by atoms with E-state index in [1.54, 1.807) is 0 Å². The smallest absolute Gasteiger partial charge is 0.309 e. The lowest BCUT2D eigenvalue weighted by atomic mass is 9.99. The van der Waals surface area contributed by atoms with E-state index >= 15 is 0 Å². The quantitative estimate of drug-likeness (QED) is 0.732. The number of rotatable bonds is 5. The molecule has 2 aliphatic rings. The summed E-state index contributed by atoms with van der Waals surface area (Å²) < 4.78 is 11.9. The van der Waals surface area contributed by atoms with Gasteiger partial charge < -0.3 is 10.4 Å². The van der Waals surface area contributed by atoms with Crippen LogP contribution in [-0.4, -0.2) is 30.3 Å². The second kappa shape index (κ2) is 6.94. The van der Waals surface area contributed by atoms with Gasteiger partial charge in [-0.15, -0.1) is 0 Å². The highest BCUT2D eigenvalue weighted by Gasteiger charge is 2.49. The summed E-state index contributed by atoms with van der Waals surface area (Å²) in [5.74, 6) is -0.575. The Hall–Kier alpha value is -0.640. The molecule has 1 aliphatic carbocycles. The Labute approximate surface area is 103 Å². The number of carbonyl (C=O) groups is 1. The Bertz CT molecular complexity index is 236. The lowest BCUT2D eigenvalue weighted by Gasteiger charge is -2.07. The van der Waals surface area contributed by atoms with Gasteiger partial charge >= 0.3 is 5.97 Å². The molecule has 4 heteroatoms. The fourth-order valence-corrected chi connectivity index (χ4v) is 2.05. The average Bonchev–Trinajstić information content (AvgIpc) is 2.94. The summed E-state index contributed by atoms with van der Waals surface area (Å²) >= 11 is 0. The van der Waals surface area contributed by atoms with Crippen LogP contribution >= 0.6 is 0 Å². The maximum atomic E-state index is 11.9. The van der Waals surface area contributed by atoms with E-state index in [1.165, 1.54) is 12.8 Å². The van der Waals surface area contributed by atoms with Crippen molar-refractivity contribution in [3.63, 3.8) is 0 Å². The maximum Gasteiger partial charge on any atom is 0.309 e. The molecule has 1 heterocycles. The fraction of sp³-hybridized carbons (Fsp3) is 0.923. The summed E-state index contributed by atoms with van der Waals surface area (Å²) in [4.78, 5) is 10.7. The number of hydrogen-bond donors (Lipinski definition) is 2. The Morgan fingerprint density at radius 3 is 2.47 bits per heavy atom. The van der Waals surface area contributed by atoms with Gasteiger partial charge in [0, 0.05) is 6.54 Å². The lowest BCUT2D eigenvalue weighted by molar-refractivity contribution is -0.143. The number of carboxylic acids is 1. The highest BCUT2D eigenvalue weighted by Crippen LogP contribution is 2.50. The van der Waals surface area contributed by atoms with Crippen LogP contribution in [0.25, 0.3) is 0 Å². The number of aliphatic carboxylic acids is 1. The van der Waals surface area contributed by atoms with Gasteiger partial charge in [0.25, 0.3) is 0 Å². The summed E-state index contributed by atoms with van der Waals surface area (Å²) in [7, 11) is 0. The number of nitrogens with one attached hydrogen (secondary N) is 1.